The molecule has 2 atom stereocenters. The molecule has 0 spiro atoms. The van der Waals surface area contributed by atoms with Crippen LogP contribution < -0.4 is 5.32 Å². The van der Waals surface area contributed by atoms with Gasteiger partial charge in [-0.15, -0.1) is 0 Å². The molecular weight excluding hydrogens is 791 g/mol. The van der Waals surface area contributed by atoms with E-state index in [-0.39, 0.29) is 18.5 Å². The number of aliphatic hydroxyl groups excluding tert-OH is 2. The smallest absolute Gasteiger partial charge is 0.305 e. The topological polar surface area (TPSA) is 95.9 Å². The van der Waals surface area contributed by atoms with Crippen LogP contribution in [0.5, 0.6) is 0 Å². The van der Waals surface area contributed by atoms with Gasteiger partial charge in [-0.1, -0.05) is 263 Å². The lowest BCUT2D eigenvalue weighted by Gasteiger charge is -2.22. The Bertz CT molecular complexity index is 997. The van der Waals surface area contributed by atoms with E-state index in [1.54, 1.807) is 0 Å². The molecule has 0 fully saturated rings. The van der Waals surface area contributed by atoms with E-state index in [0.29, 0.717) is 25.9 Å². The molecule has 0 heterocycles. The molecule has 64 heavy (non-hydrogen) atoms. The third kappa shape index (κ3) is 49.8. The van der Waals surface area contributed by atoms with E-state index >= 15 is 0 Å². The van der Waals surface area contributed by atoms with Gasteiger partial charge in [0.25, 0.3) is 0 Å². The summed E-state index contributed by atoms with van der Waals surface area (Å²) in [5.74, 6) is -0.0396. The molecule has 0 saturated carbocycles. The number of hydrogen-bond donors (Lipinski definition) is 3. The lowest BCUT2D eigenvalue weighted by Crippen LogP contribution is -2.45. The molecule has 0 rings (SSSR count). The summed E-state index contributed by atoms with van der Waals surface area (Å²) in [6.07, 6.45) is 64.5. The maximum Gasteiger partial charge on any atom is 0.305 e. The fourth-order valence-electron chi connectivity index (χ4n) is 8.85. The molecule has 0 bridgehead atoms. The largest absolute Gasteiger partial charge is 0.466 e. The van der Waals surface area contributed by atoms with Gasteiger partial charge in [0.2, 0.25) is 5.91 Å². The van der Waals surface area contributed by atoms with E-state index in [4.69, 9.17) is 4.74 Å². The number of nitrogens with one attached hydrogen (secondary N) is 1. The first-order chi connectivity index (χ1) is 31.5. The third-order valence-corrected chi connectivity index (χ3v) is 13.3. The van der Waals surface area contributed by atoms with E-state index < -0.39 is 12.1 Å². The van der Waals surface area contributed by atoms with Crippen molar-refractivity contribution in [1.29, 1.82) is 0 Å². The molecule has 0 aromatic carbocycles. The van der Waals surface area contributed by atoms with E-state index in [0.717, 1.165) is 51.4 Å². The summed E-state index contributed by atoms with van der Waals surface area (Å²) in [7, 11) is 0. The first-order valence-corrected chi connectivity index (χ1v) is 28.6. The molecule has 6 nitrogen and oxygen atoms in total. The number of amides is 1. The highest BCUT2D eigenvalue weighted by Crippen LogP contribution is 2.17. The van der Waals surface area contributed by atoms with Gasteiger partial charge in [-0.25, -0.2) is 0 Å². The van der Waals surface area contributed by atoms with Crippen LogP contribution in [0.2, 0.25) is 0 Å². The van der Waals surface area contributed by atoms with Crippen molar-refractivity contribution in [3.8, 4) is 0 Å². The summed E-state index contributed by atoms with van der Waals surface area (Å²) in [6, 6.07) is -0.543. The van der Waals surface area contributed by atoms with Crippen LogP contribution in [-0.2, 0) is 14.3 Å². The van der Waals surface area contributed by atoms with E-state index in [1.165, 1.54) is 225 Å². The number of hydrogen-bond acceptors (Lipinski definition) is 5. The molecular formula is C58H111NO5. The van der Waals surface area contributed by atoms with Gasteiger partial charge in [-0.3, -0.25) is 9.59 Å². The molecule has 0 aromatic rings. The minimum atomic E-state index is -0.665. The van der Waals surface area contributed by atoms with Crippen LogP contribution in [-0.4, -0.2) is 47.4 Å². The summed E-state index contributed by atoms with van der Waals surface area (Å²) in [5.41, 5.74) is 0. The van der Waals surface area contributed by atoms with Crippen LogP contribution in [0.1, 0.15) is 309 Å². The van der Waals surface area contributed by atoms with Crippen molar-refractivity contribution in [3.05, 3.63) is 24.3 Å². The summed E-state index contributed by atoms with van der Waals surface area (Å²) < 4.78 is 5.48. The number of esters is 1. The molecule has 0 aliphatic rings. The van der Waals surface area contributed by atoms with Crippen molar-refractivity contribution in [2.24, 2.45) is 0 Å². The number of rotatable bonds is 53. The van der Waals surface area contributed by atoms with Crippen molar-refractivity contribution in [2.45, 2.75) is 321 Å². The molecule has 0 aliphatic heterocycles. The predicted molar refractivity (Wildman–Crippen MR) is 278 cm³/mol. The standard InChI is InChI=1S/C58H111NO5/c1-3-5-7-9-11-13-15-16-17-18-22-25-28-32-36-40-44-48-52-58(63)64-53-49-45-41-37-33-29-26-23-20-19-21-24-27-31-35-39-43-47-51-57(62)59-55(54-60)56(61)50-46-42-38-34-30-14-12-10-8-6-4-2/h13,15,17-18,55-56,60-61H,3-12,14,16,19-54H2,1-2H3,(H,59,62)/b15-13-,18-17-. The molecule has 0 saturated heterocycles. The number of allylic oxidation sites excluding steroid dienone is 4. The van der Waals surface area contributed by atoms with Crippen molar-refractivity contribution in [1.82, 2.24) is 5.32 Å². The third-order valence-electron chi connectivity index (χ3n) is 13.3. The predicted octanol–water partition coefficient (Wildman–Crippen LogP) is 17.5. The molecule has 2 unspecified atom stereocenters. The Balaban J connectivity index is 3.38. The van der Waals surface area contributed by atoms with Crippen LogP contribution in [0, 0.1) is 0 Å². The van der Waals surface area contributed by atoms with E-state index in [9.17, 15) is 19.8 Å². The van der Waals surface area contributed by atoms with Gasteiger partial charge in [-0.05, 0) is 57.8 Å². The lowest BCUT2D eigenvalue weighted by atomic mass is 10.0. The Kier molecular flexibility index (Phi) is 52.6. The van der Waals surface area contributed by atoms with Crippen LogP contribution in [0.25, 0.3) is 0 Å². The highest BCUT2D eigenvalue weighted by Gasteiger charge is 2.20. The SMILES string of the molecule is CCCCCC/C=C\C/C=C\CCCCCCCCCC(=O)OCCCCCCCCCCCCCCCCCCCCC(=O)NC(CO)C(O)CCCCCCCCCCCCC. The molecule has 6 heteroatoms. The Morgan fingerprint density at radius 1 is 0.438 bits per heavy atom. The second-order valence-electron chi connectivity index (χ2n) is 19.6. The number of aliphatic hydroxyl groups is 2. The lowest BCUT2D eigenvalue weighted by molar-refractivity contribution is -0.143. The normalized spacial score (nSPS) is 12.8. The number of carbonyl (C=O) groups is 2. The van der Waals surface area contributed by atoms with Gasteiger partial charge < -0.3 is 20.3 Å². The fraction of sp³-hybridized carbons (Fsp3) is 0.897. The van der Waals surface area contributed by atoms with Gasteiger partial charge in [0, 0.05) is 12.8 Å². The van der Waals surface area contributed by atoms with Gasteiger partial charge in [0.15, 0.2) is 0 Å². The number of ether oxygens (including phenoxy) is 1. The fourth-order valence-corrected chi connectivity index (χ4v) is 8.85. The van der Waals surface area contributed by atoms with Crippen molar-refractivity contribution in [2.75, 3.05) is 13.2 Å². The molecule has 0 aliphatic carbocycles. The second-order valence-corrected chi connectivity index (χ2v) is 19.6. The zero-order valence-corrected chi connectivity index (χ0v) is 43.0. The average Bonchev–Trinajstić information content (AvgIpc) is 3.29. The maximum absolute atomic E-state index is 12.4. The van der Waals surface area contributed by atoms with Crippen LogP contribution in [0.3, 0.4) is 0 Å². The van der Waals surface area contributed by atoms with Crippen LogP contribution in [0.15, 0.2) is 24.3 Å². The summed E-state index contributed by atoms with van der Waals surface area (Å²) in [4.78, 5) is 24.5. The van der Waals surface area contributed by atoms with Crippen molar-refractivity contribution in [3.63, 3.8) is 0 Å². The Morgan fingerprint density at radius 2 is 0.781 bits per heavy atom. The van der Waals surface area contributed by atoms with Gasteiger partial charge in [-0.2, -0.15) is 0 Å². The zero-order chi connectivity index (χ0) is 46.5. The van der Waals surface area contributed by atoms with Gasteiger partial charge >= 0.3 is 5.97 Å². The van der Waals surface area contributed by atoms with Crippen molar-refractivity contribution >= 4 is 11.9 Å². The molecule has 1 amide bonds. The Morgan fingerprint density at radius 3 is 1.20 bits per heavy atom. The Labute approximate surface area is 399 Å². The van der Waals surface area contributed by atoms with E-state index in [1.807, 2.05) is 0 Å². The maximum atomic E-state index is 12.4. The summed E-state index contributed by atoms with van der Waals surface area (Å²) in [5, 5.41) is 23.2. The zero-order valence-electron chi connectivity index (χ0n) is 43.0. The Hall–Kier alpha value is -1.66. The van der Waals surface area contributed by atoms with Crippen LogP contribution in [0.4, 0.5) is 0 Å². The van der Waals surface area contributed by atoms with Gasteiger partial charge in [0.1, 0.15) is 0 Å². The number of carbonyl (C=O) groups excluding carboxylic acids is 2. The van der Waals surface area contributed by atoms with E-state index in [2.05, 4.69) is 43.5 Å². The first kappa shape index (κ1) is 62.3. The summed E-state index contributed by atoms with van der Waals surface area (Å²) >= 11 is 0. The quantitative estimate of drug-likeness (QED) is 0.0321. The monoisotopic (exact) mass is 902 g/mol. The molecule has 0 aromatic heterocycles. The second kappa shape index (κ2) is 54.0. The molecule has 0 radical (unpaired) electrons. The minimum Gasteiger partial charge on any atom is -0.466 e. The minimum absolute atomic E-state index is 0.0000623. The molecule has 3 N–H and O–H groups in total. The first-order valence-electron chi connectivity index (χ1n) is 28.6. The number of unbranched alkanes of at least 4 members (excludes halogenated alkanes) is 38. The van der Waals surface area contributed by atoms with Gasteiger partial charge in [0.05, 0.1) is 25.4 Å². The summed E-state index contributed by atoms with van der Waals surface area (Å²) in [6.45, 7) is 4.92. The highest BCUT2D eigenvalue weighted by molar-refractivity contribution is 5.76. The average molecular weight is 903 g/mol. The molecule has 378 valence electrons. The van der Waals surface area contributed by atoms with Crippen molar-refractivity contribution < 1.29 is 24.5 Å². The van der Waals surface area contributed by atoms with Crippen LogP contribution >= 0.6 is 0 Å². The highest BCUT2D eigenvalue weighted by atomic mass is 16.5.